The van der Waals surface area contributed by atoms with Gasteiger partial charge in [-0.05, 0) is 12.1 Å². The van der Waals surface area contributed by atoms with E-state index >= 15 is 0 Å². The summed E-state index contributed by atoms with van der Waals surface area (Å²) in [6, 6.07) is 0. The average Bonchev–Trinajstić information content (AvgIpc) is 2.32. The Hall–Kier alpha value is -0.680. The van der Waals surface area contributed by atoms with Crippen LogP contribution in [0.1, 0.15) is 18.6 Å². The van der Waals surface area contributed by atoms with Crippen LogP contribution in [-0.2, 0) is 4.79 Å². The molecule has 1 heterocycles. The van der Waals surface area contributed by atoms with Crippen LogP contribution in [0.15, 0.2) is 4.52 Å². The highest BCUT2D eigenvalue weighted by Crippen LogP contribution is 2.32. The number of hydrogen-bond donors (Lipinski definition) is 2. The smallest absolute Gasteiger partial charge is 0.271 e. The molecule has 1 aromatic heterocycles. The average molecular weight is 208 g/mol. The van der Waals surface area contributed by atoms with Gasteiger partial charge in [-0.3, -0.25) is 4.79 Å². The summed E-state index contributed by atoms with van der Waals surface area (Å²) in [6.45, 7) is 1.56. The van der Waals surface area contributed by atoms with Crippen molar-refractivity contribution in [2.24, 2.45) is 0 Å². The number of halogens is 1. The summed E-state index contributed by atoms with van der Waals surface area (Å²) in [7, 11) is 0. The molecule has 0 saturated heterocycles. The van der Waals surface area contributed by atoms with Crippen molar-refractivity contribution in [1.82, 2.24) is 5.16 Å². The minimum atomic E-state index is -0.603. The molecule has 0 spiro atoms. The third-order valence-corrected chi connectivity index (χ3v) is 2.15. The molecule has 0 amide bonds. The second-order valence-electron chi connectivity index (χ2n) is 2.24. The molecule has 6 heteroatoms. The molecular weight excluding hydrogens is 202 g/mol. The van der Waals surface area contributed by atoms with E-state index in [1.165, 1.54) is 0 Å². The summed E-state index contributed by atoms with van der Waals surface area (Å²) in [5.41, 5.74) is 0. The Bertz CT molecular complexity index is 312. The topological polar surface area (TPSA) is 63.3 Å². The lowest BCUT2D eigenvalue weighted by molar-refractivity contribution is -0.112. The van der Waals surface area contributed by atoms with Crippen LogP contribution in [0.3, 0.4) is 0 Å². The molecule has 0 aromatic carbocycles. The van der Waals surface area contributed by atoms with Crippen molar-refractivity contribution in [3.05, 3.63) is 10.8 Å². The summed E-state index contributed by atoms with van der Waals surface area (Å²) in [5.74, 6) is -0.878. The molecule has 12 heavy (non-hydrogen) atoms. The number of thiol groups is 1. The first-order valence-electron chi connectivity index (χ1n) is 3.11. The Labute approximate surface area is 78.9 Å². The molecule has 1 rings (SSSR count). The minimum absolute atomic E-state index is 0.0371. The normalized spacial score (nSPS) is 12.9. The number of nitrogens with zero attached hydrogens (tertiary/aromatic N) is 1. The highest BCUT2D eigenvalue weighted by Gasteiger charge is 2.22. The van der Waals surface area contributed by atoms with Gasteiger partial charge >= 0.3 is 0 Å². The Morgan fingerprint density at radius 1 is 1.83 bits per heavy atom. The Morgan fingerprint density at radius 3 is 2.75 bits per heavy atom. The Morgan fingerprint density at radius 2 is 2.42 bits per heavy atom. The first-order chi connectivity index (χ1) is 5.54. The van der Waals surface area contributed by atoms with Gasteiger partial charge in [-0.25, -0.2) is 0 Å². The van der Waals surface area contributed by atoms with Crippen molar-refractivity contribution in [3.63, 3.8) is 0 Å². The van der Waals surface area contributed by atoms with E-state index in [0.29, 0.717) is 0 Å². The second kappa shape index (κ2) is 3.37. The summed E-state index contributed by atoms with van der Waals surface area (Å²) in [5, 5.41) is 11.6. The van der Waals surface area contributed by atoms with E-state index in [1.807, 2.05) is 0 Å². The van der Waals surface area contributed by atoms with Crippen molar-refractivity contribution in [2.45, 2.75) is 12.8 Å². The van der Waals surface area contributed by atoms with Crippen LogP contribution >= 0.6 is 24.2 Å². The van der Waals surface area contributed by atoms with Crippen LogP contribution in [0.5, 0.6) is 5.88 Å². The van der Waals surface area contributed by atoms with Gasteiger partial charge in [-0.1, -0.05) is 11.6 Å². The fourth-order valence-corrected chi connectivity index (χ4v) is 1.01. The third kappa shape index (κ3) is 1.56. The summed E-state index contributed by atoms with van der Waals surface area (Å²) >= 11 is 9.15. The van der Waals surface area contributed by atoms with Crippen LogP contribution in [0, 0.1) is 0 Å². The fourth-order valence-electron chi connectivity index (χ4n) is 0.664. The predicted octanol–water partition coefficient (Wildman–Crippen LogP) is 1.59. The number of carbonyl (C=O) groups is 1. The number of rotatable bonds is 2. The number of aromatic nitrogens is 1. The SMILES string of the molecule is CC(C(=O)S)c1onc(O)c1Cl. The molecule has 0 saturated carbocycles. The molecule has 0 radical (unpaired) electrons. The van der Waals surface area contributed by atoms with Gasteiger partial charge in [0.1, 0.15) is 5.02 Å². The molecule has 0 bridgehead atoms. The zero-order valence-corrected chi connectivity index (χ0v) is 7.76. The van der Waals surface area contributed by atoms with Gasteiger partial charge < -0.3 is 9.63 Å². The summed E-state index contributed by atoms with van der Waals surface area (Å²) in [4.78, 5) is 10.7. The summed E-state index contributed by atoms with van der Waals surface area (Å²) < 4.78 is 4.62. The largest absolute Gasteiger partial charge is 0.490 e. The lowest BCUT2D eigenvalue weighted by atomic mass is 10.1. The van der Waals surface area contributed by atoms with E-state index in [4.69, 9.17) is 16.7 Å². The molecular formula is C6H6ClNO3S. The molecule has 1 N–H and O–H groups in total. The van der Waals surface area contributed by atoms with Crippen LogP contribution < -0.4 is 0 Å². The van der Waals surface area contributed by atoms with E-state index in [-0.39, 0.29) is 10.8 Å². The molecule has 4 nitrogen and oxygen atoms in total. The van der Waals surface area contributed by atoms with Gasteiger partial charge in [0.2, 0.25) is 0 Å². The molecule has 1 unspecified atom stereocenters. The number of aromatic hydroxyl groups is 1. The predicted molar refractivity (Wildman–Crippen MR) is 45.6 cm³/mol. The number of hydrogen-bond acceptors (Lipinski definition) is 4. The molecule has 0 aliphatic heterocycles. The first-order valence-corrected chi connectivity index (χ1v) is 3.93. The highest BCUT2D eigenvalue weighted by atomic mass is 35.5. The van der Waals surface area contributed by atoms with Crippen LogP contribution in [-0.4, -0.2) is 15.4 Å². The van der Waals surface area contributed by atoms with E-state index in [1.54, 1.807) is 6.92 Å². The number of carbonyl (C=O) groups excluding carboxylic acids is 1. The van der Waals surface area contributed by atoms with Gasteiger partial charge in [0.25, 0.3) is 5.88 Å². The second-order valence-corrected chi connectivity index (χ2v) is 3.06. The lowest BCUT2D eigenvalue weighted by Crippen LogP contribution is -2.00. The van der Waals surface area contributed by atoms with Gasteiger partial charge in [-0.2, -0.15) is 0 Å². The molecule has 1 aromatic rings. The first kappa shape index (κ1) is 9.41. The maximum absolute atomic E-state index is 10.7. The fraction of sp³-hybridized carbons (Fsp3) is 0.333. The zero-order chi connectivity index (χ0) is 9.30. The van der Waals surface area contributed by atoms with Gasteiger partial charge in [-0.15, -0.1) is 12.6 Å². The lowest BCUT2D eigenvalue weighted by Gasteiger charge is -1.99. The van der Waals surface area contributed by atoms with E-state index in [2.05, 4.69) is 22.3 Å². The molecule has 66 valence electrons. The van der Waals surface area contributed by atoms with Gasteiger partial charge in [0, 0.05) is 0 Å². The zero-order valence-electron chi connectivity index (χ0n) is 6.11. The maximum Gasteiger partial charge on any atom is 0.271 e. The molecule has 1 atom stereocenters. The molecule has 0 aliphatic rings. The van der Waals surface area contributed by atoms with Gasteiger partial charge in [0.15, 0.2) is 10.9 Å². The van der Waals surface area contributed by atoms with E-state index < -0.39 is 16.9 Å². The highest BCUT2D eigenvalue weighted by molar-refractivity contribution is 7.96. The van der Waals surface area contributed by atoms with E-state index in [9.17, 15) is 4.79 Å². The minimum Gasteiger partial charge on any atom is -0.490 e. The quantitative estimate of drug-likeness (QED) is 0.723. The van der Waals surface area contributed by atoms with Crippen LogP contribution in [0.2, 0.25) is 5.02 Å². The standard InChI is InChI=1S/C6H6ClNO3S/c1-2(6(10)12)4-3(7)5(9)8-11-4/h2H,1H3,(H,8,9)(H,10,12). The Kier molecular flexibility index (Phi) is 2.64. The summed E-state index contributed by atoms with van der Waals surface area (Å²) in [6.07, 6.45) is 0. The molecule has 0 aliphatic carbocycles. The van der Waals surface area contributed by atoms with Crippen molar-refractivity contribution in [1.29, 1.82) is 0 Å². The third-order valence-electron chi connectivity index (χ3n) is 1.41. The maximum atomic E-state index is 10.7. The molecule has 0 fully saturated rings. The van der Waals surface area contributed by atoms with E-state index in [0.717, 1.165) is 0 Å². The van der Waals surface area contributed by atoms with Crippen molar-refractivity contribution in [3.8, 4) is 5.88 Å². The van der Waals surface area contributed by atoms with Crippen LogP contribution in [0.4, 0.5) is 0 Å². The van der Waals surface area contributed by atoms with Gasteiger partial charge in [0.05, 0.1) is 5.92 Å². The van der Waals surface area contributed by atoms with Crippen molar-refractivity contribution in [2.75, 3.05) is 0 Å². The van der Waals surface area contributed by atoms with Crippen LogP contribution in [0.25, 0.3) is 0 Å². The van der Waals surface area contributed by atoms with Crippen molar-refractivity contribution < 1.29 is 14.4 Å². The van der Waals surface area contributed by atoms with Crippen molar-refractivity contribution >= 4 is 29.3 Å². The monoisotopic (exact) mass is 207 g/mol. The Balaban J connectivity index is 3.03.